The maximum Gasteiger partial charge on any atom is 0.233 e. The largest absolute Gasteiger partial charge is 0.285 e. The molecular weight excluding hydrogens is 272 g/mol. The van der Waals surface area contributed by atoms with Gasteiger partial charge in [-0.25, -0.2) is 0 Å². The van der Waals surface area contributed by atoms with Gasteiger partial charge >= 0.3 is 0 Å². The molecule has 0 spiro atoms. The number of benzene rings is 1. The highest BCUT2D eigenvalue weighted by molar-refractivity contribution is 6.52. The minimum Gasteiger partial charge on any atom is -0.285 e. The van der Waals surface area contributed by atoms with Gasteiger partial charge in [0.25, 0.3) is 0 Å². The van der Waals surface area contributed by atoms with E-state index in [0.717, 1.165) is 48.2 Å². The van der Waals surface area contributed by atoms with Crippen molar-refractivity contribution < 1.29 is 9.59 Å². The number of carbonyl (C=O) groups excluding carboxylic acids is 2. The molecule has 0 aliphatic heterocycles. The van der Waals surface area contributed by atoms with Crippen LogP contribution in [0.5, 0.6) is 0 Å². The van der Waals surface area contributed by atoms with Crippen molar-refractivity contribution in [2.24, 2.45) is 23.2 Å². The Labute approximate surface area is 130 Å². The van der Waals surface area contributed by atoms with Crippen molar-refractivity contribution in [2.75, 3.05) is 0 Å². The van der Waals surface area contributed by atoms with Gasteiger partial charge in [-0.3, -0.25) is 9.59 Å². The van der Waals surface area contributed by atoms with Crippen molar-refractivity contribution in [3.63, 3.8) is 0 Å². The van der Waals surface area contributed by atoms with E-state index in [9.17, 15) is 9.59 Å². The fraction of sp³-hybridized carbons (Fsp3) is 0.500. The molecule has 4 fully saturated rings. The molecule has 0 heterocycles. The van der Waals surface area contributed by atoms with Crippen LogP contribution < -0.4 is 0 Å². The third-order valence-electron chi connectivity index (χ3n) is 6.57. The lowest BCUT2D eigenvalue weighted by atomic mass is 9.47. The lowest BCUT2D eigenvalue weighted by Gasteiger charge is -2.57. The van der Waals surface area contributed by atoms with E-state index in [-0.39, 0.29) is 17.0 Å². The Morgan fingerprint density at radius 3 is 2.05 bits per heavy atom. The second kappa shape index (κ2) is 4.18. The first-order valence-electron chi connectivity index (χ1n) is 8.55. The molecule has 5 aliphatic carbocycles. The predicted octanol–water partition coefficient (Wildman–Crippen LogP) is 4.05. The van der Waals surface area contributed by atoms with Gasteiger partial charge in [-0.2, -0.15) is 0 Å². The predicted molar refractivity (Wildman–Crippen MR) is 84.4 cm³/mol. The summed E-state index contributed by atoms with van der Waals surface area (Å²) in [4.78, 5) is 25.3. The van der Waals surface area contributed by atoms with Gasteiger partial charge in [0.05, 0.1) is 0 Å². The van der Waals surface area contributed by atoms with Crippen LogP contribution in [0.15, 0.2) is 29.8 Å². The highest BCUT2D eigenvalue weighted by atomic mass is 16.2. The van der Waals surface area contributed by atoms with Crippen molar-refractivity contribution in [2.45, 2.75) is 38.5 Å². The normalized spacial score (nSPS) is 38.9. The minimum absolute atomic E-state index is 0.00895. The summed E-state index contributed by atoms with van der Waals surface area (Å²) in [6.07, 6.45) is 9.50. The molecule has 4 bridgehead atoms. The topological polar surface area (TPSA) is 34.1 Å². The summed E-state index contributed by atoms with van der Waals surface area (Å²) in [7, 11) is 0. The average Bonchev–Trinajstić information content (AvgIpc) is 2.49. The SMILES string of the molecule is O=C1C(=O)c2ccccc2C=C1C12CC3CC(CC(C3)C1)C2. The molecule has 4 saturated carbocycles. The van der Waals surface area contributed by atoms with Crippen LogP contribution in [0.25, 0.3) is 6.08 Å². The molecular formula is C20H20O2. The lowest BCUT2D eigenvalue weighted by molar-refractivity contribution is -0.115. The summed E-state index contributed by atoms with van der Waals surface area (Å²) in [6.45, 7) is 0. The van der Waals surface area contributed by atoms with Crippen LogP contribution in [0.2, 0.25) is 0 Å². The summed E-state index contributed by atoms with van der Waals surface area (Å²) >= 11 is 0. The quantitative estimate of drug-likeness (QED) is 0.732. The van der Waals surface area contributed by atoms with Crippen LogP contribution in [0.3, 0.4) is 0 Å². The number of hydrogen-bond donors (Lipinski definition) is 0. The minimum atomic E-state index is -0.288. The summed E-state index contributed by atoms with van der Waals surface area (Å²) in [6, 6.07) is 7.55. The molecule has 6 rings (SSSR count). The molecule has 2 nitrogen and oxygen atoms in total. The van der Waals surface area contributed by atoms with Crippen molar-refractivity contribution in [1.29, 1.82) is 0 Å². The van der Waals surface area contributed by atoms with E-state index in [1.165, 1.54) is 19.3 Å². The van der Waals surface area contributed by atoms with Gasteiger partial charge in [0.15, 0.2) is 0 Å². The number of ketones is 2. The first-order chi connectivity index (χ1) is 10.6. The second-order valence-corrected chi connectivity index (χ2v) is 8.00. The first-order valence-corrected chi connectivity index (χ1v) is 8.55. The Bertz CT molecular complexity index is 690. The highest BCUT2D eigenvalue weighted by Gasteiger charge is 2.54. The summed E-state index contributed by atoms with van der Waals surface area (Å²) in [5.74, 6) is 1.84. The molecule has 0 N–H and O–H groups in total. The van der Waals surface area contributed by atoms with E-state index in [2.05, 4.69) is 0 Å². The summed E-state index contributed by atoms with van der Waals surface area (Å²) < 4.78 is 0. The van der Waals surface area contributed by atoms with E-state index in [0.29, 0.717) is 5.56 Å². The average molecular weight is 292 g/mol. The van der Waals surface area contributed by atoms with Crippen LogP contribution in [0, 0.1) is 23.2 Å². The molecule has 0 radical (unpaired) electrons. The standard InChI is InChI=1S/C20H20O2/c21-18-16-4-2-1-3-15(16)8-17(19(18)22)20-9-12-5-13(10-20)7-14(6-12)11-20/h1-4,8,12-14H,5-7,9-11H2. The smallest absolute Gasteiger partial charge is 0.233 e. The Morgan fingerprint density at radius 1 is 0.818 bits per heavy atom. The number of Topliss-reactive ketones (excluding diaryl/α,β-unsaturated/α-hetero) is 2. The Hall–Kier alpha value is -1.70. The van der Waals surface area contributed by atoms with Crippen LogP contribution in [0.1, 0.15) is 54.4 Å². The molecule has 0 atom stereocenters. The number of allylic oxidation sites excluding steroid dienone is 1. The van der Waals surface area contributed by atoms with Crippen LogP contribution >= 0.6 is 0 Å². The first kappa shape index (κ1) is 12.8. The zero-order valence-electron chi connectivity index (χ0n) is 12.7. The van der Waals surface area contributed by atoms with E-state index in [1.807, 2.05) is 24.3 Å². The van der Waals surface area contributed by atoms with Gasteiger partial charge in [-0.05, 0) is 67.9 Å². The van der Waals surface area contributed by atoms with Crippen LogP contribution in [0.4, 0.5) is 0 Å². The van der Waals surface area contributed by atoms with E-state index in [1.54, 1.807) is 6.07 Å². The maximum absolute atomic E-state index is 12.8. The van der Waals surface area contributed by atoms with Crippen molar-refractivity contribution >= 4 is 17.6 Å². The molecule has 112 valence electrons. The third-order valence-corrected chi connectivity index (χ3v) is 6.57. The molecule has 0 unspecified atom stereocenters. The molecule has 2 heteroatoms. The van der Waals surface area contributed by atoms with Gasteiger partial charge in [-0.15, -0.1) is 0 Å². The Morgan fingerprint density at radius 2 is 1.41 bits per heavy atom. The van der Waals surface area contributed by atoms with Gasteiger partial charge < -0.3 is 0 Å². The molecule has 1 aromatic rings. The third kappa shape index (κ3) is 1.61. The Balaban J connectivity index is 1.65. The fourth-order valence-corrected chi connectivity index (χ4v) is 6.13. The summed E-state index contributed by atoms with van der Waals surface area (Å²) in [5, 5.41) is 0. The van der Waals surface area contributed by atoms with Crippen molar-refractivity contribution in [3.8, 4) is 0 Å². The zero-order chi connectivity index (χ0) is 14.9. The Kier molecular flexibility index (Phi) is 2.44. The number of rotatable bonds is 1. The molecule has 0 amide bonds. The zero-order valence-corrected chi connectivity index (χ0v) is 12.7. The number of hydrogen-bond acceptors (Lipinski definition) is 2. The molecule has 0 saturated heterocycles. The highest BCUT2D eigenvalue weighted by Crippen LogP contribution is 2.63. The second-order valence-electron chi connectivity index (χ2n) is 8.00. The summed E-state index contributed by atoms with van der Waals surface area (Å²) in [5.41, 5.74) is 2.38. The fourth-order valence-electron chi connectivity index (χ4n) is 6.13. The molecule has 5 aliphatic rings. The van der Waals surface area contributed by atoms with Crippen LogP contribution in [-0.4, -0.2) is 11.6 Å². The van der Waals surface area contributed by atoms with Crippen LogP contribution in [-0.2, 0) is 4.79 Å². The monoisotopic (exact) mass is 292 g/mol. The molecule has 1 aromatic carbocycles. The van der Waals surface area contributed by atoms with Crippen molar-refractivity contribution in [3.05, 3.63) is 41.0 Å². The molecule has 22 heavy (non-hydrogen) atoms. The number of carbonyl (C=O) groups is 2. The van der Waals surface area contributed by atoms with E-state index >= 15 is 0 Å². The number of fused-ring (bicyclic) bond motifs is 1. The maximum atomic E-state index is 12.8. The van der Waals surface area contributed by atoms with Crippen molar-refractivity contribution in [1.82, 2.24) is 0 Å². The van der Waals surface area contributed by atoms with Gasteiger partial charge in [0, 0.05) is 16.6 Å². The molecule has 0 aromatic heterocycles. The van der Waals surface area contributed by atoms with Gasteiger partial charge in [-0.1, -0.05) is 24.3 Å². The van der Waals surface area contributed by atoms with E-state index < -0.39 is 0 Å². The van der Waals surface area contributed by atoms with E-state index in [4.69, 9.17) is 0 Å². The lowest BCUT2D eigenvalue weighted by Crippen LogP contribution is -2.49. The van der Waals surface area contributed by atoms with Gasteiger partial charge in [0.2, 0.25) is 11.6 Å². The van der Waals surface area contributed by atoms with Gasteiger partial charge in [0.1, 0.15) is 0 Å².